The number of aromatic nitrogens is 2. The highest BCUT2D eigenvalue weighted by Gasteiger charge is 2.18. The van der Waals surface area contributed by atoms with Crippen LogP contribution in [-0.4, -0.2) is 23.0 Å². The summed E-state index contributed by atoms with van der Waals surface area (Å²) < 4.78 is 4.65. The molecule has 5 nitrogen and oxygen atoms in total. The third kappa shape index (κ3) is 3.56. The number of carbonyl (C=O) groups excluding carboxylic acids is 1. The van der Waals surface area contributed by atoms with Crippen LogP contribution in [0.4, 0.5) is 11.5 Å². The summed E-state index contributed by atoms with van der Waals surface area (Å²) in [6.45, 7) is 6.43. The third-order valence-corrected chi connectivity index (χ3v) is 3.03. The Bertz CT molecular complexity index is 648. The zero-order valence-corrected chi connectivity index (χ0v) is 12.7. The molecule has 21 heavy (non-hydrogen) atoms. The molecule has 1 aromatic carbocycles. The zero-order chi connectivity index (χ0) is 15.5. The van der Waals surface area contributed by atoms with Gasteiger partial charge in [0.25, 0.3) is 0 Å². The number of para-hydroxylation sites is 1. The van der Waals surface area contributed by atoms with E-state index in [1.165, 1.54) is 13.3 Å². The Kier molecular flexibility index (Phi) is 4.21. The number of methoxy groups -OCH3 is 1. The summed E-state index contributed by atoms with van der Waals surface area (Å²) in [5, 5.41) is 3.22. The van der Waals surface area contributed by atoms with Crippen LogP contribution in [0.3, 0.4) is 0 Å². The molecule has 0 radical (unpaired) electrons. The van der Waals surface area contributed by atoms with E-state index in [9.17, 15) is 4.79 Å². The van der Waals surface area contributed by atoms with Crippen molar-refractivity contribution in [2.45, 2.75) is 26.2 Å². The minimum Gasteiger partial charge on any atom is -0.464 e. The highest BCUT2D eigenvalue weighted by atomic mass is 16.5. The van der Waals surface area contributed by atoms with Crippen molar-refractivity contribution in [2.75, 3.05) is 12.4 Å². The normalized spacial score (nSPS) is 11.0. The molecule has 0 spiro atoms. The topological polar surface area (TPSA) is 64.1 Å². The van der Waals surface area contributed by atoms with Crippen LogP contribution in [-0.2, 0) is 10.2 Å². The second-order valence-corrected chi connectivity index (χ2v) is 5.70. The van der Waals surface area contributed by atoms with E-state index in [1.807, 2.05) is 18.2 Å². The standard InChI is InChI=1S/C16H19N3O2/c1-16(2,3)11-7-5-6-8-12(11)18-14-10-17-9-13(19-14)15(20)21-4/h5-10H,1-4H3,(H,18,19). The average molecular weight is 285 g/mol. The number of hydrogen-bond donors (Lipinski definition) is 1. The van der Waals surface area contributed by atoms with Crippen molar-refractivity contribution in [1.82, 2.24) is 9.97 Å². The van der Waals surface area contributed by atoms with Crippen molar-refractivity contribution in [1.29, 1.82) is 0 Å². The van der Waals surface area contributed by atoms with Gasteiger partial charge in [-0.1, -0.05) is 39.0 Å². The molecule has 1 heterocycles. The van der Waals surface area contributed by atoms with Gasteiger partial charge in [-0.15, -0.1) is 0 Å². The molecule has 0 fully saturated rings. The maximum absolute atomic E-state index is 11.5. The van der Waals surface area contributed by atoms with Crippen LogP contribution in [0.25, 0.3) is 0 Å². The van der Waals surface area contributed by atoms with Crippen LogP contribution in [0, 0.1) is 0 Å². The van der Waals surface area contributed by atoms with Crippen LogP contribution < -0.4 is 5.32 Å². The molecule has 0 atom stereocenters. The zero-order valence-electron chi connectivity index (χ0n) is 12.7. The highest BCUT2D eigenvalue weighted by Crippen LogP contribution is 2.30. The number of nitrogens with zero attached hydrogens (tertiary/aromatic N) is 2. The fourth-order valence-corrected chi connectivity index (χ4v) is 2.01. The maximum Gasteiger partial charge on any atom is 0.358 e. The van der Waals surface area contributed by atoms with Gasteiger partial charge in [-0.3, -0.25) is 4.98 Å². The second-order valence-electron chi connectivity index (χ2n) is 5.70. The van der Waals surface area contributed by atoms with Gasteiger partial charge in [-0.25, -0.2) is 9.78 Å². The Morgan fingerprint density at radius 2 is 1.90 bits per heavy atom. The predicted octanol–water partition coefficient (Wildman–Crippen LogP) is 3.30. The van der Waals surface area contributed by atoms with Gasteiger partial charge in [-0.2, -0.15) is 0 Å². The molecular formula is C16H19N3O2. The number of anilines is 2. The number of carbonyl (C=O) groups is 1. The summed E-state index contributed by atoms with van der Waals surface area (Å²) in [4.78, 5) is 19.7. The summed E-state index contributed by atoms with van der Waals surface area (Å²) in [7, 11) is 1.32. The smallest absolute Gasteiger partial charge is 0.358 e. The van der Waals surface area contributed by atoms with E-state index in [4.69, 9.17) is 0 Å². The van der Waals surface area contributed by atoms with Crippen molar-refractivity contribution < 1.29 is 9.53 Å². The molecule has 0 saturated carbocycles. The maximum atomic E-state index is 11.5. The molecule has 1 aromatic heterocycles. The monoisotopic (exact) mass is 285 g/mol. The molecule has 5 heteroatoms. The van der Waals surface area contributed by atoms with Gasteiger partial charge in [0.15, 0.2) is 5.69 Å². The number of esters is 1. The first-order valence-corrected chi connectivity index (χ1v) is 6.68. The van der Waals surface area contributed by atoms with Crippen molar-refractivity contribution in [3.63, 3.8) is 0 Å². The molecule has 0 saturated heterocycles. The number of rotatable bonds is 3. The van der Waals surface area contributed by atoms with E-state index in [1.54, 1.807) is 6.20 Å². The third-order valence-electron chi connectivity index (χ3n) is 3.03. The Morgan fingerprint density at radius 3 is 2.57 bits per heavy atom. The van der Waals surface area contributed by atoms with Gasteiger partial charge < -0.3 is 10.1 Å². The average Bonchev–Trinajstić information content (AvgIpc) is 2.46. The number of nitrogens with one attached hydrogen (secondary N) is 1. The molecule has 0 aliphatic heterocycles. The Labute approximate surface area is 124 Å². The quantitative estimate of drug-likeness (QED) is 0.876. The fourth-order valence-electron chi connectivity index (χ4n) is 2.01. The molecule has 2 rings (SSSR count). The molecule has 1 N–H and O–H groups in total. The largest absolute Gasteiger partial charge is 0.464 e. The molecular weight excluding hydrogens is 266 g/mol. The van der Waals surface area contributed by atoms with Crippen molar-refractivity contribution in [2.24, 2.45) is 0 Å². The lowest BCUT2D eigenvalue weighted by molar-refractivity contribution is 0.0593. The minimum absolute atomic E-state index is 0.00299. The number of ether oxygens (including phenoxy) is 1. The van der Waals surface area contributed by atoms with Gasteiger partial charge in [0.1, 0.15) is 5.82 Å². The van der Waals surface area contributed by atoms with E-state index in [2.05, 4.69) is 46.9 Å². The second kappa shape index (κ2) is 5.91. The lowest BCUT2D eigenvalue weighted by Gasteiger charge is -2.23. The summed E-state index contributed by atoms with van der Waals surface area (Å²) >= 11 is 0. The Morgan fingerprint density at radius 1 is 1.19 bits per heavy atom. The fraction of sp³-hybridized carbons (Fsp3) is 0.312. The molecule has 0 bridgehead atoms. The lowest BCUT2D eigenvalue weighted by Crippen LogP contribution is -2.14. The van der Waals surface area contributed by atoms with Gasteiger partial charge >= 0.3 is 5.97 Å². The van der Waals surface area contributed by atoms with Crippen LogP contribution in [0.5, 0.6) is 0 Å². The van der Waals surface area contributed by atoms with Crippen LogP contribution >= 0.6 is 0 Å². The highest BCUT2D eigenvalue weighted by molar-refractivity contribution is 5.87. The van der Waals surface area contributed by atoms with Crippen molar-refractivity contribution >= 4 is 17.5 Å². The molecule has 0 aliphatic carbocycles. The lowest BCUT2D eigenvalue weighted by atomic mass is 9.86. The first kappa shape index (κ1) is 15.0. The summed E-state index contributed by atoms with van der Waals surface area (Å²) in [5.41, 5.74) is 2.28. The first-order chi connectivity index (χ1) is 9.91. The van der Waals surface area contributed by atoms with Gasteiger partial charge in [-0.05, 0) is 17.0 Å². The summed E-state index contributed by atoms with van der Waals surface area (Å²) in [6.07, 6.45) is 2.96. The van der Waals surface area contributed by atoms with Gasteiger partial charge in [0.2, 0.25) is 0 Å². The molecule has 0 unspecified atom stereocenters. The number of hydrogen-bond acceptors (Lipinski definition) is 5. The van der Waals surface area contributed by atoms with Crippen LogP contribution in [0.2, 0.25) is 0 Å². The van der Waals surface area contributed by atoms with E-state index < -0.39 is 5.97 Å². The summed E-state index contributed by atoms with van der Waals surface area (Å²) in [5.74, 6) is 0.00450. The van der Waals surface area contributed by atoms with E-state index in [-0.39, 0.29) is 11.1 Å². The van der Waals surface area contributed by atoms with E-state index in [0.717, 1.165) is 11.3 Å². The van der Waals surface area contributed by atoms with E-state index in [0.29, 0.717) is 5.82 Å². The predicted molar refractivity (Wildman–Crippen MR) is 81.8 cm³/mol. The Hall–Kier alpha value is -2.43. The Balaban J connectivity index is 2.33. The number of benzene rings is 1. The van der Waals surface area contributed by atoms with E-state index >= 15 is 0 Å². The van der Waals surface area contributed by atoms with Crippen molar-refractivity contribution in [3.05, 3.63) is 47.9 Å². The summed E-state index contributed by atoms with van der Waals surface area (Å²) in [6, 6.07) is 8.00. The minimum atomic E-state index is -0.504. The first-order valence-electron chi connectivity index (χ1n) is 6.68. The molecule has 110 valence electrons. The molecule has 0 aliphatic rings. The van der Waals surface area contributed by atoms with Crippen LogP contribution in [0.1, 0.15) is 36.8 Å². The van der Waals surface area contributed by atoms with Gasteiger partial charge in [0, 0.05) is 5.69 Å². The van der Waals surface area contributed by atoms with Crippen LogP contribution in [0.15, 0.2) is 36.7 Å². The SMILES string of the molecule is COC(=O)c1cncc(Nc2ccccc2C(C)(C)C)n1. The molecule has 2 aromatic rings. The van der Waals surface area contributed by atoms with Gasteiger partial charge in [0.05, 0.1) is 19.5 Å². The van der Waals surface area contributed by atoms with Crippen molar-refractivity contribution in [3.8, 4) is 0 Å². The molecule has 0 amide bonds.